The topological polar surface area (TPSA) is 98.0 Å². The summed E-state index contributed by atoms with van der Waals surface area (Å²) in [5.74, 6) is 0.429. The number of rotatable bonds is 4. The molecule has 4 aliphatic rings. The summed E-state index contributed by atoms with van der Waals surface area (Å²) in [7, 11) is 0. The minimum atomic E-state index is -0.764. The molecule has 12 atom stereocenters. The highest BCUT2D eigenvalue weighted by Gasteiger charge is 2.67. The van der Waals surface area contributed by atoms with Crippen LogP contribution in [0.25, 0.3) is 0 Å². The third-order valence-electron chi connectivity index (χ3n) is 10.4. The van der Waals surface area contributed by atoms with Crippen molar-refractivity contribution in [1.82, 2.24) is 0 Å². The first-order chi connectivity index (χ1) is 14.0. The molecule has 1 unspecified atom stereocenters. The number of fused-ring (bicyclic) bond motifs is 5. The Balaban J connectivity index is 1.63. The predicted molar refractivity (Wildman–Crippen MR) is 115 cm³/mol. The second kappa shape index (κ2) is 7.90. The Kier molecular flexibility index (Phi) is 6.01. The van der Waals surface area contributed by atoms with Gasteiger partial charge in [0.15, 0.2) is 0 Å². The predicted octanol–water partition coefficient (Wildman–Crippen LogP) is 3.67. The largest absolute Gasteiger partial charge is 0.481 e. The van der Waals surface area contributed by atoms with Crippen LogP contribution in [0.1, 0.15) is 72.1 Å². The number of aliphatic carboxylic acids is 1. The molecule has 0 amide bonds. The van der Waals surface area contributed by atoms with E-state index in [1.165, 1.54) is 0 Å². The standard InChI is InChI=1S/C24H39ClO5/c1-12(4-7-21(29)30)15-5-6-16-22-17(11-20(28)24(15,16)3)23(2)13(9-18(22)27)8-14(26)10-19(23)25/h12-20,22,26-28H,4-11H2,1-3H3,(H,29,30)/t12-,13+,14+,15-,16+,17+,18-,19?,20+,22+,23+,24-/m1/s1. The van der Waals surface area contributed by atoms with Gasteiger partial charge in [-0.05, 0) is 91.3 Å². The van der Waals surface area contributed by atoms with Crippen molar-refractivity contribution in [3.63, 3.8) is 0 Å². The van der Waals surface area contributed by atoms with Gasteiger partial charge in [-0.3, -0.25) is 4.79 Å². The lowest BCUT2D eigenvalue weighted by Crippen LogP contribution is -2.64. The smallest absolute Gasteiger partial charge is 0.303 e. The molecule has 0 saturated heterocycles. The molecule has 172 valence electrons. The van der Waals surface area contributed by atoms with E-state index in [4.69, 9.17) is 16.7 Å². The average molecular weight is 443 g/mol. The second-order valence-electron chi connectivity index (χ2n) is 11.5. The minimum Gasteiger partial charge on any atom is -0.481 e. The number of carboxylic acids is 1. The number of halogens is 1. The fourth-order valence-corrected chi connectivity index (χ4v) is 9.25. The molecule has 30 heavy (non-hydrogen) atoms. The van der Waals surface area contributed by atoms with Gasteiger partial charge in [0.25, 0.3) is 0 Å². The van der Waals surface area contributed by atoms with Crippen LogP contribution in [0.15, 0.2) is 0 Å². The molecule has 4 saturated carbocycles. The van der Waals surface area contributed by atoms with Crippen molar-refractivity contribution in [2.45, 2.75) is 95.8 Å². The fraction of sp³-hybridized carbons (Fsp3) is 0.958. The first-order valence-electron chi connectivity index (χ1n) is 11.9. The van der Waals surface area contributed by atoms with E-state index in [-0.39, 0.29) is 58.1 Å². The fourth-order valence-electron chi connectivity index (χ4n) is 8.71. The molecule has 0 spiro atoms. The van der Waals surface area contributed by atoms with Crippen molar-refractivity contribution in [3.05, 3.63) is 0 Å². The second-order valence-corrected chi connectivity index (χ2v) is 12.0. The molecular weight excluding hydrogens is 404 g/mol. The molecule has 0 heterocycles. The van der Waals surface area contributed by atoms with E-state index >= 15 is 0 Å². The maximum Gasteiger partial charge on any atom is 0.303 e. The van der Waals surface area contributed by atoms with Crippen LogP contribution < -0.4 is 0 Å². The van der Waals surface area contributed by atoms with Gasteiger partial charge < -0.3 is 20.4 Å². The molecule has 6 heteroatoms. The molecule has 4 aliphatic carbocycles. The molecule has 0 aromatic carbocycles. The highest BCUT2D eigenvalue weighted by Crippen LogP contribution is 2.68. The minimum absolute atomic E-state index is 0.118. The Labute approximate surface area is 185 Å². The van der Waals surface area contributed by atoms with Crippen molar-refractivity contribution < 1.29 is 25.2 Å². The number of alkyl halides is 1. The van der Waals surface area contributed by atoms with Gasteiger partial charge >= 0.3 is 5.97 Å². The zero-order chi connectivity index (χ0) is 22.0. The van der Waals surface area contributed by atoms with Gasteiger partial charge in [0.05, 0.1) is 18.3 Å². The highest BCUT2D eigenvalue weighted by atomic mass is 35.5. The van der Waals surface area contributed by atoms with E-state index in [1.54, 1.807) is 0 Å². The van der Waals surface area contributed by atoms with E-state index in [0.717, 1.165) is 12.8 Å². The van der Waals surface area contributed by atoms with Crippen molar-refractivity contribution in [2.24, 2.45) is 46.3 Å². The SMILES string of the molecule is C[C@H](CCC(=O)O)[C@H]1CC[C@H]2[C@@H]3[C@H](O)C[C@@H]4C[C@H](O)CC(Cl)[C@]4(C)[C@H]3C[C@H](O)[C@]12C. The van der Waals surface area contributed by atoms with Crippen molar-refractivity contribution in [2.75, 3.05) is 0 Å². The number of aliphatic hydroxyl groups is 3. The van der Waals surface area contributed by atoms with Crippen LogP contribution in [0.4, 0.5) is 0 Å². The normalized spacial score (nSPS) is 54.0. The number of hydrogen-bond acceptors (Lipinski definition) is 4. The molecule has 4 N–H and O–H groups in total. The Hall–Kier alpha value is -0.360. The van der Waals surface area contributed by atoms with E-state index in [1.807, 2.05) is 0 Å². The first kappa shape index (κ1) is 22.8. The molecule has 0 aliphatic heterocycles. The van der Waals surface area contributed by atoms with E-state index in [9.17, 15) is 20.1 Å². The summed E-state index contributed by atoms with van der Waals surface area (Å²) in [6, 6.07) is 0. The Morgan fingerprint density at radius 3 is 2.40 bits per heavy atom. The molecule has 4 fully saturated rings. The van der Waals surface area contributed by atoms with Crippen LogP contribution in [-0.2, 0) is 4.79 Å². The van der Waals surface area contributed by atoms with Crippen LogP contribution >= 0.6 is 11.6 Å². The Bertz CT molecular complexity index is 672. The first-order valence-corrected chi connectivity index (χ1v) is 12.3. The van der Waals surface area contributed by atoms with Crippen LogP contribution in [0.2, 0.25) is 0 Å². The maximum atomic E-state index is 11.5. The zero-order valence-electron chi connectivity index (χ0n) is 18.5. The van der Waals surface area contributed by atoms with Gasteiger partial charge in [-0.2, -0.15) is 0 Å². The number of aliphatic hydroxyl groups excluding tert-OH is 3. The van der Waals surface area contributed by atoms with Gasteiger partial charge in [0.1, 0.15) is 0 Å². The summed E-state index contributed by atoms with van der Waals surface area (Å²) in [6.45, 7) is 6.56. The van der Waals surface area contributed by atoms with Gasteiger partial charge in [0, 0.05) is 11.8 Å². The summed E-state index contributed by atoms with van der Waals surface area (Å²) < 4.78 is 0. The van der Waals surface area contributed by atoms with Crippen LogP contribution in [0.5, 0.6) is 0 Å². The lowest BCUT2D eigenvalue weighted by Gasteiger charge is -2.64. The quantitative estimate of drug-likeness (QED) is 0.498. The van der Waals surface area contributed by atoms with E-state index < -0.39 is 24.3 Å². The van der Waals surface area contributed by atoms with Crippen molar-refractivity contribution in [3.8, 4) is 0 Å². The van der Waals surface area contributed by atoms with E-state index in [2.05, 4.69) is 20.8 Å². The molecule has 4 rings (SSSR count). The number of carbonyl (C=O) groups is 1. The molecule has 0 radical (unpaired) electrons. The third kappa shape index (κ3) is 3.25. The maximum absolute atomic E-state index is 11.5. The molecule has 0 bridgehead atoms. The lowest BCUT2D eigenvalue weighted by molar-refractivity contribution is -0.205. The summed E-state index contributed by atoms with van der Waals surface area (Å²) in [5, 5.41) is 42.1. The summed E-state index contributed by atoms with van der Waals surface area (Å²) in [6.07, 6.45) is 4.05. The van der Waals surface area contributed by atoms with Crippen LogP contribution in [-0.4, -0.2) is 50.1 Å². The van der Waals surface area contributed by atoms with Gasteiger partial charge in [0.2, 0.25) is 0 Å². The molecular formula is C24H39ClO5. The summed E-state index contributed by atoms with van der Waals surface area (Å²) in [4.78, 5) is 11.1. The Morgan fingerprint density at radius 2 is 1.73 bits per heavy atom. The van der Waals surface area contributed by atoms with Crippen LogP contribution in [0.3, 0.4) is 0 Å². The summed E-state index contributed by atoms with van der Waals surface area (Å²) in [5.41, 5.74) is -0.473. The number of carboxylic acid groups (broad SMARTS) is 1. The molecule has 0 aromatic rings. The Morgan fingerprint density at radius 1 is 1.03 bits per heavy atom. The van der Waals surface area contributed by atoms with Gasteiger partial charge in [-0.15, -0.1) is 11.6 Å². The van der Waals surface area contributed by atoms with Crippen molar-refractivity contribution >= 4 is 17.6 Å². The van der Waals surface area contributed by atoms with Gasteiger partial charge in [-0.25, -0.2) is 0 Å². The van der Waals surface area contributed by atoms with Crippen molar-refractivity contribution in [1.29, 1.82) is 0 Å². The average Bonchev–Trinajstić information content (AvgIpc) is 3.01. The highest BCUT2D eigenvalue weighted by molar-refractivity contribution is 6.21. The third-order valence-corrected chi connectivity index (χ3v) is 11.0. The summed E-state index contributed by atoms with van der Waals surface area (Å²) >= 11 is 6.89. The molecule has 0 aromatic heterocycles. The lowest BCUT2D eigenvalue weighted by atomic mass is 9.43. The number of hydrogen-bond donors (Lipinski definition) is 4. The van der Waals surface area contributed by atoms with Gasteiger partial charge in [-0.1, -0.05) is 20.8 Å². The van der Waals surface area contributed by atoms with Crippen LogP contribution in [0, 0.1) is 46.3 Å². The zero-order valence-corrected chi connectivity index (χ0v) is 19.3. The monoisotopic (exact) mass is 442 g/mol. The van der Waals surface area contributed by atoms with E-state index in [0.29, 0.717) is 32.1 Å². The molecule has 5 nitrogen and oxygen atoms in total.